The maximum absolute atomic E-state index is 12.8. The Balaban J connectivity index is 2.22. The predicted molar refractivity (Wildman–Crippen MR) is 63.8 cm³/mol. The van der Waals surface area contributed by atoms with Crippen LogP contribution in [0.25, 0.3) is 0 Å². The molecule has 0 spiro atoms. The Morgan fingerprint density at radius 1 is 1.29 bits per heavy atom. The van der Waals surface area contributed by atoms with Gasteiger partial charge in [0, 0.05) is 17.8 Å². The summed E-state index contributed by atoms with van der Waals surface area (Å²) in [5.74, 6) is 0.439. The minimum absolute atomic E-state index is 0.336. The average molecular weight is 296 g/mol. The number of benzene rings is 1. The molecule has 3 nitrogen and oxygen atoms in total. The van der Waals surface area contributed by atoms with Gasteiger partial charge in [-0.1, -0.05) is 0 Å². The zero-order valence-corrected chi connectivity index (χ0v) is 10.1. The summed E-state index contributed by atoms with van der Waals surface area (Å²) in [7, 11) is 0. The smallest absolute Gasteiger partial charge is 0.219 e. The van der Waals surface area contributed by atoms with Gasteiger partial charge in [-0.05, 0) is 40.2 Å². The predicted octanol–water partition coefficient (Wildman–Crippen LogP) is 3.59. The third kappa shape index (κ3) is 2.88. The van der Waals surface area contributed by atoms with Crippen LogP contribution in [0.2, 0.25) is 0 Å². The van der Waals surface area contributed by atoms with E-state index in [-0.39, 0.29) is 5.82 Å². The van der Waals surface area contributed by atoms with Crippen LogP contribution in [0.1, 0.15) is 10.4 Å². The van der Waals surface area contributed by atoms with Gasteiger partial charge in [0.2, 0.25) is 5.88 Å². The molecule has 0 atom stereocenters. The molecule has 0 unspecified atom stereocenters. The van der Waals surface area contributed by atoms with Crippen LogP contribution < -0.4 is 4.74 Å². The number of hydrogen-bond donors (Lipinski definition) is 0. The van der Waals surface area contributed by atoms with Gasteiger partial charge in [0.15, 0.2) is 6.29 Å². The summed E-state index contributed by atoms with van der Waals surface area (Å²) in [4.78, 5) is 14.4. The van der Waals surface area contributed by atoms with Crippen molar-refractivity contribution in [1.82, 2.24) is 4.98 Å². The molecule has 0 saturated heterocycles. The van der Waals surface area contributed by atoms with Gasteiger partial charge in [0.05, 0.1) is 4.47 Å². The maximum atomic E-state index is 12.8. The van der Waals surface area contributed by atoms with E-state index in [0.29, 0.717) is 28.0 Å². The Bertz CT molecular complexity index is 543. The lowest BCUT2D eigenvalue weighted by molar-refractivity contribution is 0.112. The quantitative estimate of drug-likeness (QED) is 0.813. The summed E-state index contributed by atoms with van der Waals surface area (Å²) < 4.78 is 18.8. The summed E-state index contributed by atoms with van der Waals surface area (Å²) in [5.41, 5.74) is 0.468. The molecule has 0 amide bonds. The van der Waals surface area contributed by atoms with E-state index in [2.05, 4.69) is 20.9 Å². The highest BCUT2D eigenvalue weighted by molar-refractivity contribution is 9.10. The van der Waals surface area contributed by atoms with Crippen molar-refractivity contribution in [2.75, 3.05) is 0 Å². The minimum atomic E-state index is -0.353. The number of carbonyl (C=O) groups is 1. The van der Waals surface area contributed by atoms with Crippen molar-refractivity contribution >= 4 is 22.2 Å². The van der Waals surface area contributed by atoms with Crippen LogP contribution >= 0.6 is 15.9 Å². The first-order valence-corrected chi connectivity index (χ1v) is 5.52. The fraction of sp³-hybridized carbons (Fsp3) is 0. The highest BCUT2D eigenvalue weighted by Crippen LogP contribution is 2.29. The van der Waals surface area contributed by atoms with E-state index in [4.69, 9.17) is 4.74 Å². The molecule has 0 radical (unpaired) electrons. The van der Waals surface area contributed by atoms with Crippen LogP contribution in [0, 0.1) is 5.82 Å². The van der Waals surface area contributed by atoms with E-state index in [0.717, 1.165) is 0 Å². The molecule has 2 aromatic rings. The Morgan fingerprint density at radius 3 is 2.71 bits per heavy atom. The van der Waals surface area contributed by atoms with Crippen LogP contribution in [0.5, 0.6) is 11.6 Å². The Kier molecular flexibility index (Phi) is 3.49. The summed E-state index contributed by atoms with van der Waals surface area (Å²) >= 11 is 3.18. The van der Waals surface area contributed by atoms with E-state index in [1.165, 1.54) is 24.4 Å². The lowest BCUT2D eigenvalue weighted by Gasteiger charge is -2.06. The summed E-state index contributed by atoms with van der Waals surface area (Å²) in [5, 5.41) is 0. The van der Waals surface area contributed by atoms with Crippen molar-refractivity contribution < 1.29 is 13.9 Å². The number of aldehydes is 1. The average Bonchev–Trinajstić information content (AvgIpc) is 2.34. The van der Waals surface area contributed by atoms with Crippen LogP contribution in [0.4, 0.5) is 4.39 Å². The number of carbonyl (C=O) groups excluding carboxylic acids is 1. The first-order valence-electron chi connectivity index (χ1n) is 4.73. The second kappa shape index (κ2) is 5.05. The van der Waals surface area contributed by atoms with E-state index in [1.807, 2.05) is 0 Å². The van der Waals surface area contributed by atoms with Gasteiger partial charge >= 0.3 is 0 Å². The van der Waals surface area contributed by atoms with Crippen molar-refractivity contribution in [3.63, 3.8) is 0 Å². The number of hydrogen-bond acceptors (Lipinski definition) is 3. The topological polar surface area (TPSA) is 39.2 Å². The fourth-order valence-electron chi connectivity index (χ4n) is 1.19. The van der Waals surface area contributed by atoms with Gasteiger partial charge in [0.1, 0.15) is 11.6 Å². The van der Waals surface area contributed by atoms with Gasteiger partial charge in [-0.25, -0.2) is 9.37 Å². The monoisotopic (exact) mass is 295 g/mol. The normalized spacial score (nSPS) is 10.0. The minimum Gasteiger partial charge on any atom is -0.438 e. The molecular weight excluding hydrogens is 289 g/mol. The van der Waals surface area contributed by atoms with Gasteiger partial charge < -0.3 is 4.74 Å². The second-order valence-electron chi connectivity index (χ2n) is 3.22. The zero-order valence-electron chi connectivity index (χ0n) is 8.56. The summed E-state index contributed by atoms with van der Waals surface area (Å²) in [6.45, 7) is 0. The lowest BCUT2D eigenvalue weighted by Crippen LogP contribution is -1.90. The highest BCUT2D eigenvalue weighted by Gasteiger charge is 2.04. The third-order valence-corrected chi connectivity index (χ3v) is 2.62. The van der Waals surface area contributed by atoms with Crippen LogP contribution in [0.3, 0.4) is 0 Å². The number of rotatable bonds is 3. The largest absolute Gasteiger partial charge is 0.438 e. The van der Waals surface area contributed by atoms with Crippen molar-refractivity contribution in [3.8, 4) is 11.6 Å². The maximum Gasteiger partial charge on any atom is 0.219 e. The standard InChI is InChI=1S/C12H7BrFNO2/c13-10-5-9(14)2-3-11(10)17-12-4-1-8(7-16)6-15-12/h1-7H. The molecule has 1 heterocycles. The number of aromatic nitrogens is 1. The molecule has 0 aliphatic heterocycles. The molecule has 1 aromatic heterocycles. The number of nitrogens with zero attached hydrogens (tertiary/aromatic N) is 1. The Labute approximate surface area is 105 Å². The van der Waals surface area contributed by atoms with Crippen LogP contribution in [-0.4, -0.2) is 11.3 Å². The van der Waals surface area contributed by atoms with Gasteiger partial charge in [-0.3, -0.25) is 4.79 Å². The van der Waals surface area contributed by atoms with Crippen molar-refractivity contribution in [2.24, 2.45) is 0 Å². The molecule has 0 N–H and O–H groups in total. The van der Waals surface area contributed by atoms with Crippen molar-refractivity contribution in [2.45, 2.75) is 0 Å². The molecule has 0 aliphatic rings. The SMILES string of the molecule is O=Cc1ccc(Oc2ccc(F)cc2Br)nc1. The molecule has 86 valence electrons. The molecule has 0 fully saturated rings. The highest BCUT2D eigenvalue weighted by atomic mass is 79.9. The van der Waals surface area contributed by atoms with Gasteiger partial charge in [0.25, 0.3) is 0 Å². The van der Waals surface area contributed by atoms with Crippen molar-refractivity contribution in [3.05, 3.63) is 52.4 Å². The second-order valence-corrected chi connectivity index (χ2v) is 4.08. The zero-order chi connectivity index (χ0) is 12.3. The molecule has 17 heavy (non-hydrogen) atoms. The Morgan fingerprint density at radius 2 is 2.12 bits per heavy atom. The van der Waals surface area contributed by atoms with Crippen LogP contribution in [-0.2, 0) is 0 Å². The van der Waals surface area contributed by atoms with E-state index < -0.39 is 0 Å². The molecule has 5 heteroatoms. The van der Waals surface area contributed by atoms with Gasteiger partial charge in [-0.15, -0.1) is 0 Å². The molecule has 2 rings (SSSR count). The summed E-state index contributed by atoms with van der Waals surface area (Å²) in [6, 6.07) is 7.25. The molecule has 0 saturated carbocycles. The number of ether oxygens (including phenoxy) is 1. The first kappa shape index (κ1) is 11.7. The molecular formula is C12H7BrFNO2. The van der Waals surface area contributed by atoms with E-state index in [9.17, 15) is 9.18 Å². The van der Waals surface area contributed by atoms with Gasteiger partial charge in [-0.2, -0.15) is 0 Å². The first-order chi connectivity index (χ1) is 8.19. The van der Waals surface area contributed by atoms with E-state index in [1.54, 1.807) is 12.1 Å². The molecule has 0 bridgehead atoms. The molecule has 0 aliphatic carbocycles. The lowest BCUT2D eigenvalue weighted by atomic mass is 10.3. The molecule has 1 aromatic carbocycles. The third-order valence-electron chi connectivity index (χ3n) is 2.00. The summed E-state index contributed by atoms with van der Waals surface area (Å²) in [6.07, 6.45) is 2.10. The van der Waals surface area contributed by atoms with Crippen molar-refractivity contribution in [1.29, 1.82) is 0 Å². The van der Waals surface area contributed by atoms with Crippen LogP contribution in [0.15, 0.2) is 41.0 Å². The number of pyridine rings is 1. The fourth-order valence-corrected chi connectivity index (χ4v) is 1.62. The Hall–Kier alpha value is -1.75. The van der Waals surface area contributed by atoms with E-state index >= 15 is 0 Å². The number of halogens is 2.